The van der Waals surface area contributed by atoms with Crippen LogP contribution in [0.15, 0.2) is 0 Å². The molecule has 1 rings (SSSR count). The van der Waals surface area contributed by atoms with Crippen LogP contribution in [0.25, 0.3) is 0 Å². The molecule has 1 aliphatic heterocycles. The van der Waals surface area contributed by atoms with Crippen molar-refractivity contribution in [3.05, 3.63) is 0 Å². The molecule has 0 radical (unpaired) electrons. The summed E-state index contributed by atoms with van der Waals surface area (Å²) >= 11 is 0. The van der Waals surface area contributed by atoms with E-state index in [2.05, 4.69) is 17.6 Å². The second-order valence-electron chi connectivity index (χ2n) is 4.43. The number of unbranched alkanes of at least 4 members (excludes halogenated alkanes) is 1. The molecule has 1 atom stereocenters. The summed E-state index contributed by atoms with van der Waals surface area (Å²) in [5, 5.41) is 6.18. The first kappa shape index (κ1) is 13.5. The zero-order valence-electron chi connectivity index (χ0n) is 10.3. The average molecular weight is 228 g/mol. The van der Waals surface area contributed by atoms with Gasteiger partial charge in [-0.15, -0.1) is 0 Å². The highest BCUT2D eigenvalue weighted by Gasteiger charge is 2.13. The van der Waals surface area contributed by atoms with Gasteiger partial charge in [0.25, 0.3) is 0 Å². The number of piperidine rings is 1. The summed E-state index contributed by atoms with van der Waals surface area (Å²) in [6, 6.07) is 0. The summed E-state index contributed by atoms with van der Waals surface area (Å²) in [5.41, 5.74) is 0. The van der Waals surface area contributed by atoms with E-state index in [0.717, 1.165) is 32.5 Å². The van der Waals surface area contributed by atoms with Crippen LogP contribution in [0.4, 0.5) is 0 Å². The number of hydrogen-bond acceptors (Lipinski definition) is 3. The molecule has 16 heavy (non-hydrogen) atoms. The van der Waals surface area contributed by atoms with Crippen LogP contribution in [0, 0.1) is 5.92 Å². The molecular formula is C12H24N2O2. The topological polar surface area (TPSA) is 50.4 Å². The van der Waals surface area contributed by atoms with Crippen LogP contribution in [0.2, 0.25) is 0 Å². The quantitative estimate of drug-likeness (QED) is 0.637. The number of nitrogens with one attached hydrogen (secondary N) is 2. The minimum absolute atomic E-state index is 0.0113. The largest absolute Gasteiger partial charge is 0.371 e. The normalized spacial score (nSPS) is 20.7. The Morgan fingerprint density at radius 1 is 1.56 bits per heavy atom. The second-order valence-corrected chi connectivity index (χ2v) is 4.43. The van der Waals surface area contributed by atoms with Crippen LogP contribution in [-0.4, -0.2) is 38.8 Å². The van der Waals surface area contributed by atoms with E-state index in [9.17, 15) is 4.79 Å². The Bertz CT molecular complexity index is 191. The van der Waals surface area contributed by atoms with Gasteiger partial charge in [0.05, 0.1) is 6.61 Å². The lowest BCUT2D eigenvalue weighted by molar-refractivity contribution is -0.126. The van der Waals surface area contributed by atoms with Crippen LogP contribution < -0.4 is 10.6 Å². The van der Waals surface area contributed by atoms with Gasteiger partial charge in [0.15, 0.2) is 0 Å². The monoisotopic (exact) mass is 228 g/mol. The molecule has 0 aliphatic carbocycles. The first-order valence-electron chi connectivity index (χ1n) is 6.38. The van der Waals surface area contributed by atoms with Crippen LogP contribution in [0.1, 0.15) is 32.6 Å². The van der Waals surface area contributed by atoms with Crippen molar-refractivity contribution >= 4 is 5.91 Å². The second kappa shape index (κ2) is 8.53. The summed E-state index contributed by atoms with van der Waals surface area (Å²) in [5.74, 6) is 0.592. The Balaban J connectivity index is 1.94. The number of carbonyl (C=O) groups excluding carboxylic acids is 1. The van der Waals surface area contributed by atoms with Gasteiger partial charge in [-0.1, -0.05) is 13.3 Å². The van der Waals surface area contributed by atoms with Gasteiger partial charge in [0, 0.05) is 13.1 Å². The molecule has 1 heterocycles. The third-order valence-electron chi connectivity index (χ3n) is 2.84. The lowest BCUT2D eigenvalue weighted by atomic mass is 10.0. The first-order valence-corrected chi connectivity index (χ1v) is 6.38. The highest BCUT2D eigenvalue weighted by Crippen LogP contribution is 2.09. The smallest absolute Gasteiger partial charge is 0.245 e. The molecule has 1 unspecified atom stereocenters. The Morgan fingerprint density at radius 3 is 3.12 bits per heavy atom. The average Bonchev–Trinajstić information content (AvgIpc) is 2.31. The molecule has 0 bridgehead atoms. The maximum atomic E-state index is 11.3. The molecule has 4 heteroatoms. The standard InChI is InChI=1S/C12H24N2O2/c1-2-3-7-14-12(15)10-16-9-11-5-4-6-13-8-11/h11,13H,2-10H2,1H3,(H,14,15). The van der Waals surface area contributed by atoms with Crippen LogP contribution in [0.3, 0.4) is 0 Å². The summed E-state index contributed by atoms with van der Waals surface area (Å²) in [4.78, 5) is 11.3. The van der Waals surface area contributed by atoms with Crippen molar-refractivity contribution in [2.75, 3.05) is 32.8 Å². The Morgan fingerprint density at radius 2 is 2.44 bits per heavy atom. The van der Waals surface area contributed by atoms with Gasteiger partial charge < -0.3 is 15.4 Å². The third-order valence-corrected chi connectivity index (χ3v) is 2.84. The molecule has 0 spiro atoms. The number of hydrogen-bond donors (Lipinski definition) is 2. The van der Waals surface area contributed by atoms with Crippen molar-refractivity contribution < 1.29 is 9.53 Å². The number of amides is 1. The van der Waals surface area contributed by atoms with Gasteiger partial charge in [0.2, 0.25) is 5.91 Å². The Hall–Kier alpha value is -0.610. The van der Waals surface area contributed by atoms with E-state index in [1.165, 1.54) is 12.8 Å². The lowest BCUT2D eigenvalue weighted by Gasteiger charge is -2.22. The molecule has 0 aromatic rings. The van der Waals surface area contributed by atoms with E-state index >= 15 is 0 Å². The van der Waals surface area contributed by atoms with E-state index in [4.69, 9.17) is 4.74 Å². The number of ether oxygens (including phenoxy) is 1. The van der Waals surface area contributed by atoms with Gasteiger partial charge in [-0.3, -0.25) is 4.79 Å². The molecule has 1 aliphatic rings. The SMILES string of the molecule is CCCCNC(=O)COCC1CCCNC1. The molecule has 0 saturated carbocycles. The van der Waals surface area contributed by atoms with Crippen molar-refractivity contribution in [1.82, 2.24) is 10.6 Å². The van der Waals surface area contributed by atoms with Crippen LogP contribution in [-0.2, 0) is 9.53 Å². The van der Waals surface area contributed by atoms with E-state index in [0.29, 0.717) is 12.5 Å². The highest BCUT2D eigenvalue weighted by atomic mass is 16.5. The van der Waals surface area contributed by atoms with Crippen LogP contribution >= 0.6 is 0 Å². The molecule has 4 nitrogen and oxygen atoms in total. The van der Waals surface area contributed by atoms with Gasteiger partial charge in [-0.2, -0.15) is 0 Å². The summed E-state index contributed by atoms with van der Waals surface area (Å²) < 4.78 is 5.41. The molecule has 1 fully saturated rings. The number of rotatable bonds is 7. The molecule has 94 valence electrons. The van der Waals surface area contributed by atoms with E-state index in [-0.39, 0.29) is 12.5 Å². The Kier molecular flexibility index (Phi) is 7.17. The molecule has 2 N–H and O–H groups in total. The molecular weight excluding hydrogens is 204 g/mol. The molecule has 1 amide bonds. The fourth-order valence-electron chi connectivity index (χ4n) is 1.84. The first-order chi connectivity index (χ1) is 7.83. The van der Waals surface area contributed by atoms with Crippen LogP contribution in [0.5, 0.6) is 0 Å². The van der Waals surface area contributed by atoms with Crippen molar-refractivity contribution in [2.24, 2.45) is 5.92 Å². The summed E-state index contributed by atoms with van der Waals surface area (Å²) in [6.07, 6.45) is 4.58. The lowest BCUT2D eigenvalue weighted by Crippen LogP contribution is -2.34. The third kappa shape index (κ3) is 6.08. The Labute approximate surface area is 98.1 Å². The molecule has 0 aromatic carbocycles. The maximum absolute atomic E-state index is 11.3. The summed E-state index contributed by atoms with van der Waals surface area (Å²) in [7, 11) is 0. The van der Waals surface area contributed by atoms with Gasteiger partial charge in [0.1, 0.15) is 6.61 Å². The molecule has 0 aromatic heterocycles. The van der Waals surface area contributed by atoms with E-state index in [1.54, 1.807) is 0 Å². The fraction of sp³-hybridized carbons (Fsp3) is 0.917. The fourth-order valence-corrected chi connectivity index (χ4v) is 1.84. The predicted octanol–water partition coefficient (Wildman–Crippen LogP) is 0.919. The zero-order valence-corrected chi connectivity index (χ0v) is 10.3. The van der Waals surface area contributed by atoms with Crippen molar-refractivity contribution in [3.8, 4) is 0 Å². The van der Waals surface area contributed by atoms with Gasteiger partial charge >= 0.3 is 0 Å². The predicted molar refractivity (Wildman–Crippen MR) is 64.3 cm³/mol. The van der Waals surface area contributed by atoms with E-state index < -0.39 is 0 Å². The highest BCUT2D eigenvalue weighted by molar-refractivity contribution is 5.77. The van der Waals surface area contributed by atoms with Crippen molar-refractivity contribution in [1.29, 1.82) is 0 Å². The minimum Gasteiger partial charge on any atom is -0.371 e. The van der Waals surface area contributed by atoms with Crippen molar-refractivity contribution in [3.63, 3.8) is 0 Å². The van der Waals surface area contributed by atoms with E-state index in [1.807, 2.05) is 0 Å². The minimum atomic E-state index is 0.0113. The van der Waals surface area contributed by atoms with Crippen molar-refractivity contribution in [2.45, 2.75) is 32.6 Å². The van der Waals surface area contributed by atoms with Gasteiger partial charge in [-0.05, 0) is 31.7 Å². The zero-order chi connectivity index (χ0) is 11.6. The summed E-state index contributed by atoms with van der Waals surface area (Å²) in [6.45, 7) is 5.93. The molecule has 1 saturated heterocycles. The number of carbonyl (C=O) groups is 1. The maximum Gasteiger partial charge on any atom is 0.245 e. The van der Waals surface area contributed by atoms with Gasteiger partial charge in [-0.25, -0.2) is 0 Å².